The summed E-state index contributed by atoms with van der Waals surface area (Å²) >= 11 is 0. The minimum atomic E-state index is -0.325. The van der Waals surface area contributed by atoms with Crippen molar-refractivity contribution in [1.29, 1.82) is 0 Å². The summed E-state index contributed by atoms with van der Waals surface area (Å²) in [4.78, 5) is 12.4. The number of halogens is 1. The van der Waals surface area contributed by atoms with Crippen molar-refractivity contribution >= 4 is 17.8 Å². The van der Waals surface area contributed by atoms with Crippen LogP contribution < -0.4 is 14.8 Å². The summed E-state index contributed by atoms with van der Waals surface area (Å²) in [6.45, 7) is 2.63. The summed E-state index contributed by atoms with van der Waals surface area (Å²) in [6, 6.07) is 21.6. The van der Waals surface area contributed by atoms with Gasteiger partial charge in [-0.3, -0.25) is 9.48 Å². The van der Waals surface area contributed by atoms with Crippen LogP contribution >= 0.6 is 0 Å². The molecule has 6 nitrogen and oxygen atoms in total. The second-order valence-corrected chi connectivity index (χ2v) is 7.99. The zero-order valence-electron chi connectivity index (χ0n) is 19.6. The first-order chi connectivity index (χ1) is 17.0. The number of anilines is 1. The number of nitrogens with one attached hydrogen (secondary N) is 1. The molecule has 4 rings (SSSR count). The number of carbonyl (C=O) groups is 1. The van der Waals surface area contributed by atoms with Crippen LogP contribution in [0.15, 0.2) is 85.1 Å². The van der Waals surface area contributed by atoms with Crippen LogP contribution in [0.3, 0.4) is 0 Å². The van der Waals surface area contributed by atoms with Gasteiger partial charge in [-0.15, -0.1) is 0 Å². The quantitative estimate of drug-likeness (QED) is 0.322. The monoisotopic (exact) mass is 471 g/mol. The van der Waals surface area contributed by atoms with E-state index in [1.807, 2.05) is 49.4 Å². The Morgan fingerprint density at radius 3 is 2.63 bits per heavy atom. The molecule has 7 heteroatoms. The fourth-order valence-corrected chi connectivity index (χ4v) is 3.47. The normalized spacial score (nSPS) is 10.9. The SMILES string of the molecule is COc1ccc(/C=C/C(=O)Nc2ccn(Cc3ccccc3F)n2)cc1COc1ccc(C)cc1. The molecule has 1 heterocycles. The molecule has 0 spiro atoms. The summed E-state index contributed by atoms with van der Waals surface area (Å²) in [5, 5.41) is 7.01. The molecule has 1 N–H and O–H groups in total. The van der Waals surface area contributed by atoms with Crippen molar-refractivity contribution in [2.75, 3.05) is 12.4 Å². The van der Waals surface area contributed by atoms with Crippen LogP contribution in [0.25, 0.3) is 6.08 Å². The molecule has 0 unspecified atom stereocenters. The maximum Gasteiger partial charge on any atom is 0.249 e. The molecule has 0 bridgehead atoms. The van der Waals surface area contributed by atoms with Gasteiger partial charge in [-0.05, 0) is 48.9 Å². The fraction of sp³-hybridized carbons (Fsp3) is 0.143. The number of carbonyl (C=O) groups excluding carboxylic acids is 1. The first-order valence-electron chi connectivity index (χ1n) is 11.1. The third kappa shape index (κ3) is 6.57. The lowest BCUT2D eigenvalue weighted by molar-refractivity contribution is -0.111. The van der Waals surface area contributed by atoms with Gasteiger partial charge < -0.3 is 14.8 Å². The van der Waals surface area contributed by atoms with Gasteiger partial charge in [0.15, 0.2) is 5.82 Å². The van der Waals surface area contributed by atoms with Crippen LogP contribution in [0.5, 0.6) is 11.5 Å². The number of rotatable bonds is 9. The van der Waals surface area contributed by atoms with Crippen LogP contribution in [0.4, 0.5) is 10.2 Å². The van der Waals surface area contributed by atoms with E-state index >= 15 is 0 Å². The van der Waals surface area contributed by atoms with Gasteiger partial charge in [0, 0.05) is 29.5 Å². The van der Waals surface area contributed by atoms with E-state index < -0.39 is 0 Å². The summed E-state index contributed by atoms with van der Waals surface area (Å²) in [5.41, 5.74) is 3.38. The molecule has 178 valence electrons. The number of nitrogens with zero attached hydrogens (tertiary/aromatic N) is 2. The highest BCUT2D eigenvalue weighted by molar-refractivity contribution is 6.01. The number of amides is 1. The van der Waals surface area contributed by atoms with Crippen LogP contribution in [0.1, 0.15) is 22.3 Å². The predicted octanol–water partition coefficient (Wildman–Crippen LogP) is 5.62. The van der Waals surface area contributed by atoms with Gasteiger partial charge in [0.1, 0.15) is 23.9 Å². The third-order valence-corrected chi connectivity index (χ3v) is 5.33. The lowest BCUT2D eigenvalue weighted by atomic mass is 10.1. The van der Waals surface area contributed by atoms with E-state index in [1.54, 1.807) is 48.3 Å². The summed E-state index contributed by atoms with van der Waals surface area (Å²) < 4.78 is 26.7. The van der Waals surface area contributed by atoms with Gasteiger partial charge in [0.05, 0.1) is 13.7 Å². The van der Waals surface area contributed by atoms with E-state index in [2.05, 4.69) is 10.4 Å². The highest BCUT2D eigenvalue weighted by Crippen LogP contribution is 2.23. The number of hydrogen-bond acceptors (Lipinski definition) is 4. The van der Waals surface area contributed by atoms with Crippen molar-refractivity contribution in [3.05, 3.63) is 113 Å². The Kier molecular flexibility index (Phi) is 7.57. The van der Waals surface area contributed by atoms with E-state index in [9.17, 15) is 9.18 Å². The molecule has 0 saturated carbocycles. The number of ether oxygens (including phenoxy) is 2. The molecule has 0 radical (unpaired) electrons. The Morgan fingerprint density at radius 1 is 1.06 bits per heavy atom. The zero-order valence-corrected chi connectivity index (χ0v) is 19.6. The average Bonchev–Trinajstić information content (AvgIpc) is 3.30. The molecule has 0 atom stereocenters. The number of aryl methyl sites for hydroxylation is 1. The van der Waals surface area contributed by atoms with E-state index in [-0.39, 0.29) is 18.3 Å². The minimum Gasteiger partial charge on any atom is -0.496 e. The zero-order chi connectivity index (χ0) is 24.6. The second kappa shape index (κ2) is 11.2. The number of methoxy groups -OCH3 is 1. The standard InChI is InChI=1S/C28H26FN3O3/c1-20-7-11-24(12-8-20)35-19-23-17-21(9-13-26(23)34-2)10-14-28(33)30-27-15-16-32(31-27)18-22-5-3-4-6-25(22)29/h3-17H,18-19H2,1-2H3,(H,30,31,33)/b14-10+. The van der Waals surface area contributed by atoms with Crippen molar-refractivity contribution in [1.82, 2.24) is 9.78 Å². The van der Waals surface area contributed by atoms with Gasteiger partial charge in [0.25, 0.3) is 0 Å². The molecule has 1 aromatic heterocycles. The van der Waals surface area contributed by atoms with Crippen LogP contribution in [0.2, 0.25) is 0 Å². The average molecular weight is 472 g/mol. The Labute approximate surface area is 203 Å². The number of aromatic nitrogens is 2. The smallest absolute Gasteiger partial charge is 0.249 e. The molecular formula is C28H26FN3O3. The van der Waals surface area contributed by atoms with Gasteiger partial charge in [-0.2, -0.15) is 5.10 Å². The Balaban J connectivity index is 1.37. The van der Waals surface area contributed by atoms with Crippen LogP contribution in [0, 0.1) is 12.7 Å². The summed E-state index contributed by atoms with van der Waals surface area (Å²) in [6.07, 6.45) is 4.83. The van der Waals surface area contributed by atoms with Crippen molar-refractivity contribution in [3.8, 4) is 11.5 Å². The maximum atomic E-state index is 13.8. The van der Waals surface area contributed by atoms with Crippen LogP contribution in [-0.4, -0.2) is 22.8 Å². The van der Waals surface area contributed by atoms with Crippen LogP contribution in [-0.2, 0) is 17.9 Å². The second-order valence-electron chi connectivity index (χ2n) is 7.99. The van der Waals surface area contributed by atoms with E-state index in [0.29, 0.717) is 23.7 Å². The van der Waals surface area contributed by atoms with Gasteiger partial charge in [0.2, 0.25) is 5.91 Å². The molecule has 3 aromatic carbocycles. The minimum absolute atomic E-state index is 0.275. The van der Waals surface area contributed by atoms with Crippen molar-refractivity contribution in [2.24, 2.45) is 0 Å². The molecule has 0 saturated heterocycles. The highest BCUT2D eigenvalue weighted by atomic mass is 19.1. The number of hydrogen-bond donors (Lipinski definition) is 1. The van der Waals surface area contributed by atoms with E-state index in [1.165, 1.54) is 12.1 Å². The molecule has 35 heavy (non-hydrogen) atoms. The Bertz CT molecular complexity index is 1330. The molecule has 0 aliphatic rings. The molecular weight excluding hydrogens is 445 g/mol. The van der Waals surface area contributed by atoms with E-state index in [4.69, 9.17) is 9.47 Å². The molecule has 0 aliphatic heterocycles. The third-order valence-electron chi connectivity index (χ3n) is 5.33. The summed E-state index contributed by atoms with van der Waals surface area (Å²) in [7, 11) is 1.61. The van der Waals surface area contributed by atoms with Gasteiger partial charge in [-0.25, -0.2) is 4.39 Å². The number of benzene rings is 3. The van der Waals surface area contributed by atoms with E-state index in [0.717, 1.165) is 22.4 Å². The lowest BCUT2D eigenvalue weighted by Gasteiger charge is -2.11. The Hall–Kier alpha value is -4.39. The molecule has 1 amide bonds. The largest absolute Gasteiger partial charge is 0.496 e. The van der Waals surface area contributed by atoms with Crippen molar-refractivity contribution in [3.63, 3.8) is 0 Å². The summed E-state index contributed by atoms with van der Waals surface area (Å²) in [5.74, 6) is 1.25. The maximum absolute atomic E-state index is 13.8. The lowest BCUT2D eigenvalue weighted by Crippen LogP contribution is -2.09. The predicted molar refractivity (Wildman–Crippen MR) is 134 cm³/mol. The highest BCUT2D eigenvalue weighted by Gasteiger charge is 2.07. The van der Waals surface area contributed by atoms with Gasteiger partial charge >= 0.3 is 0 Å². The fourth-order valence-electron chi connectivity index (χ4n) is 3.47. The first-order valence-corrected chi connectivity index (χ1v) is 11.1. The molecule has 4 aromatic rings. The van der Waals surface area contributed by atoms with Crippen molar-refractivity contribution < 1.29 is 18.7 Å². The Morgan fingerprint density at radius 2 is 1.86 bits per heavy atom. The van der Waals surface area contributed by atoms with Crippen molar-refractivity contribution in [2.45, 2.75) is 20.1 Å². The first kappa shape index (κ1) is 23.8. The topological polar surface area (TPSA) is 65.4 Å². The van der Waals surface area contributed by atoms with Gasteiger partial charge in [-0.1, -0.05) is 42.0 Å². The molecule has 0 fully saturated rings. The molecule has 0 aliphatic carbocycles.